The Labute approximate surface area is 418 Å². The van der Waals surface area contributed by atoms with Crippen molar-refractivity contribution >= 4 is 71.1 Å². The predicted octanol–water partition coefficient (Wildman–Crippen LogP) is 16.5. The number of benzene rings is 9. The third kappa shape index (κ3) is 5.30. The molecule has 0 saturated heterocycles. The molecule has 0 N–H and O–H groups in total. The maximum absolute atomic E-state index is 7.81. The molecular formula is C66H38N6O. The van der Waals surface area contributed by atoms with Crippen LogP contribution in [0.15, 0.2) is 231 Å². The number of fused-ring (bicyclic) bond motifs is 18. The Morgan fingerprint density at radius 2 is 0.918 bits per heavy atom. The second kappa shape index (κ2) is 14.8. The summed E-state index contributed by atoms with van der Waals surface area (Å²) in [6, 6.07) is 77.9. The van der Waals surface area contributed by atoms with Crippen LogP contribution in [0.2, 0.25) is 0 Å². The van der Waals surface area contributed by atoms with Gasteiger partial charge in [-0.2, -0.15) is 0 Å². The molecule has 0 radical (unpaired) electrons. The van der Waals surface area contributed by atoms with Gasteiger partial charge in [0.15, 0.2) is 5.69 Å². The van der Waals surface area contributed by atoms with Gasteiger partial charge in [0.2, 0.25) is 0 Å². The molecule has 1 aliphatic carbocycles. The number of ether oxygens (including phenoxy) is 1. The number of aromatic nitrogens is 5. The molecule has 7 heteroatoms. The van der Waals surface area contributed by atoms with Crippen molar-refractivity contribution in [1.29, 1.82) is 0 Å². The molecule has 16 rings (SSSR count). The molecule has 338 valence electrons. The van der Waals surface area contributed by atoms with E-state index in [1.807, 2.05) is 36.7 Å². The van der Waals surface area contributed by atoms with Gasteiger partial charge >= 0.3 is 0 Å². The molecule has 1 atom stereocenters. The van der Waals surface area contributed by atoms with Crippen LogP contribution in [0.4, 0.5) is 5.69 Å². The zero-order valence-electron chi connectivity index (χ0n) is 39.0. The highest BCUT2D eigenvalue weighted by Crippen LogP contribution is 2.62. The zero-order valence-corrected chi connectivity index (χ0v) is 39.0. The number of hydrogen-bond acceptors (Lipinski definition) is 3. The maximum atomic E-state index is 7.81. The first-order valence-electron chi connectivity index (χ1n) is 24.6. The second-order valence-corrected chi connectivity index (χ2v) is 19.2. The van der Waals surface area contributed by atoms with Gasteiger partial charge in [0.1, 0.15) is 11.5 Å². The summed E-state index contributed by atoms with van der Waals surface area (Å²) in [5, 5.41) is 6.94. The van der Waals surface area contributed by atoms with Gasteiger partial charge in [-0.25, -0.2) is 4.85 Å². The minimum Gasteiger partial charge on any atom is -0.457 e. The predicted molar refractivity (Wildman–Crippen MR) is 294 cm³/mol. The largest absolute Gasteiger partial charge is 0.457 e. The fourth-order valence-corrected chi connectivity index (χ4v) is 12.6. The highest BCUT2D eigenvalue weighted by Gasteiger charge is 2.52. The van der Waals surface area contributed by atoms with Crippen LogP contribution in [0.25, 0.3) is 110 Å². The van der Waals surface area contributed by atoms with Crippen LogP contribution in [-0.2, 0) is 5.41 Å². The molecular weight excluding hydrogens is 893 g/mol. The van der Waals surface area contributed by atoms with E-state index >= 15 is 0 Å². The van der Waals surface area contributed by atoms with Gasteiger partial charge in [-0.3, -0.25) is 9.97 Å². The van der Waals surface area contributed by atoms with E-state index in [1.165, 1.54) is 27.2 Å². The molecule has 73 heavy (non-hydrogen) atoms. The summed E-state index contributed by atoms with van der Waals surface area (Å²) in [5.41, 5.74) is 17.7. The molecule has 1 unspecified atom stereocenters. The fourth-order valence-electron chi connectivity index (χ4n) is 12.6. The van der Waals surface area contributed by atoms with Crippen molar-refractivity contribution in [3.8, 4) is 51.1 Å². The summed E-state index contributed by atoms with van der Waals surface area (Å²) in [6.07, 6.45) is 3.89. The average Bonchev–Trinajstić information content (AvgIpc) is 4.17. The van der Waals surface area contributed by atoms with Crippen LogP contribution in [-0.4, -0.2) is 23.7 Å². The standard InChI is InChI=1S/C66H38N6O/c1-67-42-29-32-58-49(37-42)47-18-4-7-21-54(47)70(58)43-30-33-63-52(38-43)66(50-19-6-13-27-62(50)73-63)51-20-14-34-68-64(51)65-53(66)36-41(39-69-65)40-28-31-59-48(35-40)46-17-5-10-24-57(46)72(59)61-26-12-11-25-60(61)71-55-22-8-2-15-44(55)45-16-3-9-23-56(45)71/h2-39H. The van der Waals surface area contributed by atoms with Crippen LogP contribution in [0.1, 0.15) is 22.3 Å². The van der Waals surface area contributed by atoms with E-state index in [0.29, 0.717) is 5.69 Å². The molecule has 9 aromatic carbocycles. The van der Waals surface area contributed by atoms with E-state index in [1.54, 1.807) is 0 Å². The first kappa shape index (κ1) is 39.8. The fraction of sp³-hybridized carbons (Fsp3) is 0.0152. The number of pyridine rings is 2. The van der Waals surface area contributed by atoms with Crippen molar-refractivity contribution in [1.82, 2.24) is 23.7 Å². The average molecular weight is 931 g/mol. The molecule has 0 bridgehead atoms. The minimum absolute atomic E-state index is 0.616. The monoisotopic (exact) mass is 930 g/mol. The van der Waals surface area contributed by atoms with E-state index < -0.39 is 5.41 Å². The third-order valence-electron chi connectivity index (χ3n) is 15.6. The molecule has 0 fully saturated rings. The van der Waals surface area contributed by atoms with Crippen molar-refractivity contribution in [3.05, 3.63) is 264 Å². The molecule has 1 spiro atoms. The van der Waals surface area contributed by atoms with Gasteiger partial charge in [-0.15, -0.1) is 0 Å². The summed E-state index contributed by atoms with van der Waals surface area (Å²) < 4.78 is 14.1. The van der Waals surface area contributed by atoms with Gasteiger partial charge in [0, 0.05) is 67.3 Å². The van der Waals surface area contributed by atoms with E-state index in [9.17, 15) is 0 Å². The van der Waals surface area contributed by atoms with Gasteiger partial charge in [0.25, 0.3) is 0 Å². The SMILES string of the molecule is [C-]#[N+]c1ccc2c(c1)c1ccccc1n2-c1ccc2c(c1)C1(c3ccccc3O2)c2cccnc2-c2ncc(-c3ccc4c(c3)c3ccccc3n4-c3ccccc3-n3c4ccccc4c4ccccc43)cc21. The lowest BCUT2D eigenvalue weighted by Gasteiger charge is -2.39. The molecule has 7 nitrogen and oxygen atoms in total. The smallest absolute Gasteiger partial charge is 0.188 e. The number of hydrogen-bond donors (Lipinski definition) is 0. The molecule has 1 aliphatic heterocycles. The van der Waals surface area contributed by atoms with Gasteiger partial charge in [-0.05, 0) is 114 Å². The number of rotatable bonds is 4. The third-order valence-corrected chi connectivity index (χ3v) is 15.6. The topological polar surface area (TPSA) is 54.2 Å². The zero-order chi connectivity index (χ0) is 47.9. The Morgan fingerprint density at radius 1 is 0.384 bits per heavy atom. The minimum atomic E-state index is -0.825. The second-order valence-electron chi connectivity index (χ2n) is 19.2. The highest BCUT2D eigenvalue weighted by atomic mass is 16.5. The molecule has 0 saturated carbocycles. The molecule has 0 amide bonds. The summed E-state index contributed by atoms with van der Waals surface area (Å²) >= 11 is 0. The summed E-state index contributed by atoms with van der Waals surface area (Å²) in [5.74, 6) is 1.58. The lowest BCUT2D eigenvalue weighted by molar-refractivity contribution is 0.436. The van der Waals surface area contributed by atoms with Crippen molar-refractivity contribution in [2.75, 3.05) is 0 Å². The Hall–Kier alpha value is -10.0. The van der Waals surface area contributed by atoms with E-state index in [4.69, 9.17) is 21.3 Å². The first-order chi connectivity index (χ1) is 36.2. The highest BCUT2D eigenvalue weighted by molar-refractivity contribution is 6.13. The van der Waals surface area contributed by atoms with Crippen LogP contribution in [0.3, 0.4) is 0 Å². The Bertz CT molecular complexity index is 4700. The van der Waals surface area contributed by atoms with Gasteiger partial charge < -0.3 is 18.4 Å². The van der Waals surface area contributed by atoms with Crippen LogP contribution in [0.5, 0.6) is 11.5 Å². The molecule has 2 aliphatic rings. The lowest BCUT2D eigenvalue weighted by Crippen LogP contribution is -2.32. The number of nitrogens with zero attached hydrogens (tertiary/aromatic N) is 6. The van der Waals surface area contributed by atoms with Crippen molar-refractivity contribution in [2.45, 2.75) is 5.41 Å². The van der Waals surface area contributed by atoms with Gasteiger partial charge in [-0.1, -0.05) is 121 Å². The van der Waals surface area contributed by atoms with Crippen LogP contribution in [0, 0.1) is 6.57 Å². The first-order valence-corrected chi connectivity index (χ1v) is 24.6. The Kier molecular flexibility index (Phi) is 8.04. The van der Waals surface area contributed by atoms with Gasteiger partial charge in [0.05, 0.1) is 67.8 Å². The quantitative estimate of drug-likeness (QED) is 0.165. The Morgan fingerprint density at radius 3 is 1.62 bits per heavy atom. The van der Waals surface area contributed by atoms with Crippen LogP contribution < -0.4 is 4.74 Å². The summed E-state index contributed by atoms with van der Waals surface area (Å²) in [6.45, 7) is 7.81. The molecule has 14 aromatic rings. The Balaban J connectivity index is 0.912. The van der Waals surface area contributed by atoms with Crippen molar-refractivity contribution in [3.63, 3.8) is 0 Å². The molecule has 6 heterocycles. The van der Waals surface area contributed by atoms with E-state index in [0.717, 1.165) is 112 Å². The lowest BCUT2D eigenvalue weighted by atomic mass is 9.66. The van der Waals surface area contributed by atoms with Crippen LogP contribution >= 0.6 is 0 Å². The summed E-state index contributed by atoms with van der Waals surface area (Å²) in [7, 11) is 0. The van der Waals surface area contributed by atoms with E-state index in [2.05, 4.69) is 213 Å². The summed E-state index contributed by atoms with van der Waals surface area (Å²) in [4.78, 5) is 14.3. The maximum Gasteiger partial charge on any atom is 0.188 e. The van der Waals surface area contributed by atoms with Crippen molar-refractivity contribution < 1.29 is 4.74 Å². The van der Waals surface area contributed by atoms with Crippen molar-refractivity contribution in [2.24, 2.45) is 0 Å². The van der Waals surface area contributed by atoms with E-state index in [-0.39, 0.29) is 0 Å². The molecule has 5 aromatic heterocycles. The normalized spacial score (nSPS) is 14.5. The number of para-hydroxylation sites is 7.